The zero-order valence-electron chi connectivity index (χ0n) is 12.3. The Kier molecular flexibility index (Phi) is 4.61. The summed E-state index contributed by atoms with van der Waals surface area (Å²) in [6.07, 6.45) is 3.44. The summed E-state index contributed by atoms with van der Waals surface area (Å²) >= 11 is 0.293. The molecule has 0 aliphatic heterocycles. The smallest absolute Gasteiger partial charge is 0.290 e. The van der Waals surface area contributed by atoms with Gasteiger partial charge >= 0.3 is 0 Å². The molecule has 3 nitrogen and oxygen atoms in total. The highest BCUT2D eigenvalue weighted by Crippen LogP contribution is 2.47. The molecule has 0 unspecified atom stereocenters. The Morgan fingerprint density at radius 1 is 1.22 bits per heavy atom. The molecule has 3 rings (SSSR count). The third-order valence-electron chi connectivity index (χ3n) is 4.04. The summed E-state index contributed by atoms with van der Waals surface area (Å²) in [6, 6.07) is 13.1. The van der Waals surface area contributed by atoms with E-state index in [1.807, 2.05) is 18.2 Å². The molecule has 1 aliphatic carbocycles. The average Bonchev–Trinajstić information content (AvgIpc) is 3.35. The Morgan fingerprint density at radius 2 is 1.96 bits per heavy atom. The summed E-state index contributed by atoms with van der Waals surface area (Å²) in [5.41, 5.74) is 1.38. The second kappa shape index (κ2) is 6.66. The first-order valence-corrected chi connectivity index (χ1v) is 8.22. The van der Waals surface area contributed by atoms with Crippen molar-refractivity contribution >= 4 is 17.7 Å². The molecule has 23 heavy (non-hydrogen) atoms. The van der Waals surface area contributed by atoms with Crippen LogP contribution in [0, 0.1) is 0 Å². The number of hydrogen-bond donors (Lipinski definition) is 1. The second-order valence-electron chi connectivity index (χ2n) is 5.56. The number of halogens is 2. The molecule has 1 heterocycles. The van der Waals surface area contributed by atoms with Crippen molar-refractivity contribution in [3.63, 3.8) is 0 Å². The summed E-state index contributed by atoms with van der Waals surface area (Å²) in [5, 5.41) is 2.94. The highest BCUT2D eigenvalue weighted by atomic mass is 32.2. The maximum Gasteiger partial charge on any atom is 0.290 e. The number of aromatic nitrogens is 1. The SMILES string of the molecule is O=C(NCC1(c2ccccc2)CC1)c1cccnc1SC(F)F. The van der Waals surface area contributed by atoms with E-state index >= 15 is 0 Å². The van der Waals surface area contributed by atoms with E-state index in [1.165, 1.54) is 17.8 Å². The Labute approximate surface area is 137 Å². The van der Waals surface area contributed by atoms with Gasteiger partial charge in [0.2, 0.25) is 0 Å². The first-order chi connectivity index (χ1) is 11.1. The zero-order valence-corrected chi connectivity index (χ0v) is 13.2. The number of pyridine rings is 1. The number of rotatable bonds is 6. The molecular weight excluding hydrogens is 318 g/mol. The molecule has 120 valence electrons. The normalized spacial score (nSPS) is 15.4. The lowest BCUT2D eigenvalue weighted by Gasteiger charge is -2.17. The number of carbonyl (C=O) groups is 1. The first kappa shape index (κ1) is 15.9. The fraction of sp³-hybridized carbons (Fsp3) is 0.294. The highest BCUT2D eigenvalue weighted by Gasteiger charge is 2.44. The molecule has 0 bridgehead atoms. The van der Waals surface area contributed by atoms with E-state index in [9.17, 15) is 13.6 Å². The number of thioether (sulfide) groups is 1. The predicted octanol–water partition coefficient (Wildman–Crippen LogP) is 3.86. The minimum atomic E-state index is -2.60. The van der Waals surface area contributed by atoms with Gasteiger partial charge < -0.3 is 5.32 Å². The van der Waals surface area contributed by atoms with Crippen molar-refractivity contribution in [1.29, 1.82) is 0 Å². The van der Waals surface area contributed by atoms with Crippen LogP contribution in [0.3, 0.4) is 0 Å². The lowest BCUT2D eigenvalue weighted by Crippen LogP contribution is -2.32. The van der Waals surface area contributed by atoms with Gasteiger partial charge in [-0.25, -0.2) is 4.98 Å². The van der Waals surface area contributed by atoms with E-state index in [2.05, 4.69) is 22.4 Å². The second-order valence-corrected chi connectivity index (χ2v) is 6.54. The molecule has 1 fully saturated rings. The van der Waals surface area contributed by atoms with Crippen LogP contribution in [0.15, 0.2) is 53.7 Å². The Hall–Kier alpha value is -1.95. The quantitative estimate of drug-likeness (QED) is 0.816. The van der Waals surface area contributed by atoms with Gasteiger partial charge in [0.25, 0.3) is 11.7 Å². The van der Waals surface area contributed by atoms with Crippen LogP contribution in [-0.4, -0.2) is 23.2 Å². The lowest BCUT2D eigenvalue weighted by molar-refractivity contribution is 0.0946. The van der Waals surface area contributed by atoms with Crippen LogP contribution < -0.4 is 5.32 Å². The molecule has 1 aromatic carbocycles. The molecule has 1 N–H and O–H groups in total. The minimum Gasteiger partial charge on any atom is -0.351 e. The number of hydrogen-bond acceptors (Lipinski definition) is 3. The van der Waals surface area contributed by atoms with Crippen LogP contribution in [0.5, 0.6) is 0 Å². The van der Waals surface area contributed by atoms with Crippen LogP contribution in [0.2, 0.25) is 0 Å². The third-order valence-corrected chi connectivity index (χ3v) is 4.77. The fourth-order valence-electron chi connectivity index (χ4n) is 2.60. The van der Waals surface area contributed by atoms with E-state index in [4.69, 9.17) is 0 Å². The molecule has 0 spiro atoms. The number of carbonyl (C=O) groups excluding carboxylic acids is 1. The highest BCUT2D eigenvalue weighted by molar-refractivity contribution is 7.99. The van der Waals surface area contributed by atoms with Gasteiger partial charge in [-0.3, -0.25) is 4.79 Å². The summed E-state index contributed by atoms with van der Waals surface area (Å²) in [6.45, 7) is 0.503. The maximum absolute atomic E-state index is 12.6. The van der Waals surface area contributed by atoms with Crippen molar-refractivity contribution in [3.8, 4) is 0 Å². The lowest BCUT2D eigenvalue weighted by atomic mass is 9.96. The van der Waals surface area contributed by atoms with Gasteiger partial charge in [0.15, 0.2) is 0 Å². The standard InChI is InChI=1S/C17H16F2N2OS/c18-16(19)23-15-13(7-4-10-20-15)14(22)21-11-17(8-9-17)12-5-2-1-3-6-12/h1-7,10,16H,8-9,11H2,(H,21,22). The molecule has 1 saturated carbocycles. The zero-order chi connectivity index (χ0) is 16.3. The average molecular weight is 334 g/mol. The van der Waals surface area contributed by atoms with Crippen LogP contribution in [0.25, 0.3) is 0 Å². The van der Waals surface area contributed by atoms with E-state index in [0.717, 1.165) is 12.8 Å². The summed E-state index contributed by atoms with van der Waals surface area (Å²) in [5.74, 6) is -2.96. The first-order valence-electron chi connectivity index (χ1n) is 7.34. The molecule has 2 aromatic rings. The Balaban J connectivity index is 1.69. The molecule has 6 heteroatoms. The van der Waals surface area contributed by atoms with E-state index < -0.39 is 5.76 Å². The molecular formula is C17H16F2N2OS. The largest absolute Gasteiger partial charge is 0.351 e. The van der Waals surface area contributed by atoms with Crippen molar-refractivity contribution in [3.05, 3.63) is 59.8 Å². The number of amides is 1. The van der Waals surface area contributed by atoms with Gasteiger partial charge in [-0.15, -0.1) is 0 Å². The number of nitrogens with zero attached hydrogens (tertiary/aromatic N) is 1. The molecule has 0 saturated heterocycles. The maximum atomic E-state index is 12.6. The van der Waals surface area contributed by atoms with Crippen molar-refractivity contribution in [1.82, 2.24) is 10.3 Å². The van der Waals surface area contributed by atoms with Gasteiger partial charge in [-0.1, -0.05) is 30.3 Å². The van der Waals surface area contributed by atoms with Crippen LogP contribution >= 0.6 is 11.8 Å². The van der Waals surface area contributed by atoms with Gasteiger partial charge in [0.1, 0.15) is 5.03 Å². The van der Waals surface area contributed by atoms with Gasteiger partial charge in [-0.2, -0.15) is 8.78 Å². The van der Waals surface area contributed by atoms with E-state index in [1.54, 1.807) is 6.07 Å². The van der Waals surface area contributed by atoms with Gasteiger partial charge in [-0.05, 0) is 42.3 Å². The summed E-state index contributed by atoms with van der Waals surface area (Å²) < 4.78 is 25.1. The number of nitrogens with one attached hydrogen (secondary N) is 1. The molecule has 1 amide bonds. The third kappa shape index (κ3) is 3.69. The van der Waals surface area contributed by atoms with Crippen LogP contribution in [0.4, 0.5) is 8.78 Å². The van der Waals surface area contributed by atoms with Gasteiger partial charge in [0, 0.05) is 18.2 Å². The van der Waals surface area contributed by atoms with Crippen molar-refractivity contribution in [2.24, 2.45) is 0 Å². The monoisotopic (exact) mass is 334 g/mol. The van der Waals surface area contributed by atoms with E-state index in [0.29, 0.717) is 18.3 Å². The summed E-state index contributed by atoms with van der Waals surface area (Å²) in [4.78, 5) is 16.2. The molecule has 1 aliphatic rings. The molecule has 0 atom stereocenters. The summed E-state index contributed by atoms with van der Waals surface area (Å²) in [7, 11) is 0. The minimum absolute atomic E-state index is 0.0187. The molecule has 1 aromatic heterocycles. The van der Waals surface area contributed by atoms with E-state index in [-0.39, 0.29) is 21.9 Å². The predicted molar refractivity (Wildman–Crippen MR) is 85.8 cm³/mol. The topological polar surface area (TPSA) is 42.0 Å². The fourth-order valence-corrected chi connectivity index (χ4v) is 3.17. The number of benzene rings is 1. The molecule has 0 radical (unpaired) electrons. The van der Waals surface area contributed by atoms with Crippen molar-refractivity contribution in [2.75, 3.05) is 6.54 Å². The Morgan fingerprint density at radius 3 is 2.61 bits per heavy atom. The Bertz CT molecular complexity index is 690. The van der Waals surface area contributed by atoms with Crippen molar-refractivity contribution < 1.29 is 13.6 Å². The van der Waals surface area contributed by atoms with Crippen molar-refractivity contribution in [2.45, 2.75) is 29.0 Å². The van der Waals surface area contributed by atoms with Crippen LogP contribution in [0.1, 0.15) is 28.8 Å². The van der Waals surface area contributed by atoms with Gasteiger partial charge in [0.05, 0.1) is 5.56 Å². The van der Waals surface area contributed by atoms with Crippen LogP contribution in [-0.2, 0) is 5.41 Å². The number of alkyl halides is 2.